The smallest absolute Gasteiger partial charge is 0.229 e. The van der Waals surface area contributed by atoms with E-state index >= 15 is 0 Å². The van der Waals surface area contributed by atoms with Gasteiger partial charge in [-0.1, -0.05) is 6.07 Å². The summed E-state index contributed by atoms with van der Waals surface area (Å²) in [6.07, 6.45) is 0.0771. The van der Waals surface area contributed by atoms with Crippen molar-refractivity contribution < 1.29 is 23.5 Å². The number of carbonyl (C=O) groups excluding carboxylic acids is 2. The molecule has 0 aromatic heterocycles. The topological polar surface area (TPSA) is 67.9 Å². The molecule has 2 amide bonds. The minimum absolute atomic E-state index is 0.0771. The predicted octanol–water partition coefficient (Wildman–Crippen LogP) is 2.90. The van der Waals surface area contributed by atoms with Crippen LogP contribution >= 0.6 is 0 Å². The fraction of sp³-hybridized carbons (Fsp3) is 0.300. The molecule has 7 heteroatoms. The first kappa shape index (κ1) is 17.3. The molecule has 1 saturated heterocycles. The Balaban J connectivity index is 1.49. The number of halogens is 1. The minimum Gasteiger partial charge on any atom is -0.486 e. The SMILES string of the molecule is Cc1ccc(F)c(NC(=O)[C@@H]2CC(=O)N(c3ccc4c(c3)OCCO4)C2)c1. The number of rotatable bonds is 3. The van der Waals surface area contributed by atoms with Crippen LogP contribution in [0.4, 0.5) is 15.8 Å². The summed E-state index contributed by atoms with van der Waals surface area (Å²) in [6, 6.07) is 9.79. The normalized spacial score (nSPS) is 18.5. The van der Waals surface area contributed by atoms with Crippen molar-refractivity contribution in [3.8, 4) is 11.5 Å². The largest absolute Gasteiger partial charge is 0.486 e. The Morgan fingerprint density at radius 3 is 2.74 bits per heavy atom. The van der Waals surface area contributed by atoms with E-state index in [4.69, 9.17) is 9.47 Å². The summed E-state index contributed by atoms with van der Waals surface area (Å²) in [7, 11) is 0. The lowest BCUT2D eigenvalue weighted by Crippen LogP contribution is -2.28. The van der Waals surface area contributed by atoms with Crippen molar-refractivity contribution >= 4 is 23.2 Å². The summed E-state index contributed by atoms with van der Waals surface area (Å²) in [5.74, 6) is -0.348. The third kappa shape index (κ3) is 3.45. The van der Waals surface area contributed by atoms with Gasteiger partial charge in [-0.05, 0) is 36.8 Å². The van der Waals surface area contributed by atoms with E-state index in [9.17, 15) is 14.0 Å². The third-order valence-corrected chi connectivity index (χ3v) is 4.71. The van der Waals surface area contributed by atoms with Crippen LogP contribution in [0.1, 0.15) is 12.0 Å². The lowest BCUT2D eigenvalue weighted by atomic mass is 10.1. The number of benzene rings is 2. The molecule has 0 saturated carbocycles. The van der Waals surface area contributed by atoms with Gasteiger partial charge in [0.05, 0.1) is 11.6 Å². The van der Waals surface area contributed by atoms with E-state index in [1.54, 1.807) is 35.2 Å². The van der Waals surface area contributed by atoms with Gasteiger partial charge in [0, 0.05) is 24.7 Å². The zero-order valence-electron chi connectivity index (χ0n) is 14.8. The lowest BCUT2D eigenvalue weighted by molar-refractivity contribution is -0.122. The lowest BCUT2D eigenvalue weighted by Gasteiger charge is -2.22. The van der Waals surface area contributed by atoms with Crippen molar-refractivity contribution in [2.45, 2.75) is 13.3 Å². The van der Waals surface area contributed by atoms with Crippen molar-refractivity contribution in [3.63, 3.8) is 0 Å². The zero-order chi connectivity index (χ0) is 19.0. The van der Waals surface area contributed by atoms with E-state index in [0.717, 1.165) is 5.56 Å². The first-order valence-corrected chi connectivity index (χ1v) is 8.78. The van der Waals surface area contributed by atoms with Gasteiger partial charge in [0.1, 0.15) is 19.0 Å². The van der Waals surface area contributed by atoms with Crippen molar-refractivity contribution in [1.29, 1.82) is 0 Å². The van der Waals surface area contributed by atoms with E-state index in [-0.39, 0.29) is 30.5 Å². The fourth-order valence-corrected chi connectivity index (χ4v) is 3.30. The maximum absolute atomic E-state index is 13.9. The van der Waals surface area contributed by atoms with E-state index < -0.39 is 11.7 Å². The van der Waals surface area contributed by atoms with Gasteiger partial charge < -0.3 is 19.7 Å². The molecule has 4 rings (SSSR count). The number of anilines is 2. The Morgan fingerprint density at radius 2 is 1.93 bits per heavy atom. The number of nitrogens with zero attached hydrogens (tertiary/aromatic N) is 1. The maximum atomic E-state index is 13.9. The number of ether oxygens (including phenoxy) is 2. The summed E-state index contributed by atoms with van der Waals surface area (Å²) in [6.45, 7) is 3.00. The molecule has 0 unspecified atom stereocenters. The van der Waals surface area contributed by atoms with Gasteiger partial charge in [-0.3, -0.25) is 9.59 Å². The first-order chi connectivity index (χ1) is 13.0. The van der Waals surface area contributed by atoms with Gasteiger partial charge >= 0.3 is 0 Å². The zero-order valence-corrected chi connectivity index (χ0v) is 14.8. The Kier molecular flexibility index (Phi) is 4.43. The summed E-state index contributed by atoms with van der Waals surface area (Å²) < 4.78 is 24.9. The number of amides is 2. The Hall–Kier alpha value is -3.09. The quantitative estimate of drug-likeness (QED) is 0.902. The van der Waals surface area contributed by atoms with Crippen LogP contribution in [0.5, 0.6) is 11.5 Å². The Bertz CT molecular complexity index is 915. The summed E-state index contributed by atoms with van der Waals surface area (Å²) in [4.78, 5) is 26.5. The summed E-state index contributed by atoms with van der Waals surface area (Å²) in [5, 5.41) is 2.60. The van der Waals surface area contributed by atoms with Crippen LogP contribution in [0.3, 0.4) is 0 Å². The average molecular weight is 370 g/mol. The highest BCUT2D eigenvalue weighted by Crippen LogP contribution is 2.36. The maximum Gasteiger partial charge on any atom is 0.229 e. The molecule has 2 aliphatic rings. The van der Waals surface area contributed by atoms with Crippen LogP contribution in [0.15, 0.2) is 36.4 Å². The van der Waals surface area contributed by atoms with Crippen LogP contribution in [0.2, 0.25) is 0 Å². The number of hydrogen-bond donors (Lipinski definition) is 1. The molecule has 1 N–H and O–H groups in total. The monoisotopic (exact) mass is 370 g/mol. The molecule has 1 atom stereocenters. The third-order valence-electron chi connectivity index (χ3n) is 4.71. The molecular formula is C20H19FN2O4. The summed E-state index contributed by atoms with van der Waals surface area (Å²) in [5.41, 5.74) is 1.62. The van der Waals surface area contributed by atoms with Crippen LogP contribution in [0, 0.1) is 18.7 Å². The van der Waals surface area contributed by atoms with Gasteiger partial charge in [0.25, 0.3) is 0 Å². The van der Waals surface area contributed by atoms with Crippen LogP contribution in [-0.4, -0.2) is 31.6 Å². The number of nitrogens with one attached hydrogen (secondary N) is 1. The van der Waals surface area contributed by atoms with Crippen molar-refractivity contribution in [1.82, 2.24) is 0 Å². The highest BCUT2D eigenvalue weighted by molar-refractivity contribution is 6.03. The molecule has 0 radical (unpaired) electrons. The molecular weight excluding hydrogens is 351 g/mol. The molecule has 2 heterocycles. The second-order valence-electron chi connectivity index (χ2n) is 6.71. The molecule has 140 valence electrons. The van der Waals surface area contributed by atoms with Crippen molar-refractivity contribution in [2.75, 3.05) is 30.0 Å². The van der Waals surface area contributed by atoms with Gasteiger partial charge in [0.15, 0.2) is 11.5 Å². The van der Waals surface area contributed by atoms with Gasteiger partial charge in [-0.15, -0.1) is 0 Å². The number of aryl methyl sites for hydroxylation is 1. The fourth-order valence-electron chi connectivity index (χ4n) is 3.30. The number of hydrogen-bond acceptors (Lipinski definition) is 4. The number of fused-ring (bicyclic) bond motifs is 1. The molecule has 27 heavy (non-hydrogen) atoms. The average Bonchev–Trinajstić information content (AvgIpc) is 3.06. The molecule has 0 bridgehead atoms. The van der Waals surface area contributed by atoms with Gasteiger partial charge in [0.2, 0.25) is 11.8 Å². The van der Waals surface area contributed by atoms with Crippen LogP contribution in [0.25, 0.3) is 0 Å². The minimum atomic E-state index is -0.550. The highest BCUT2D eigenvalue weighted by atomic mass is 19.1. The molecule has 0 aliphatic carbocycles. The molecule has 2 aliphatic heterocycles. The highest BCUT2D eigenvalue weighted by Gasteiger charge is 2.35. The molecule has 2 aromatic carbocycles. The first-order valence-electron chi connectivity index (χ1n) is 8.78. The Labute approximate surface area is 155 Å². The van der Waals surface area contributed by atoms with Crippen molar-refractivity contribution in [2.24, 2.45) is 5.92 Å². The van der Waals surface area contributed by atoms with E-state index in [1.165, 1.54) is 6.07 Å². The van der Waals surface area contributed by atoms with Crippen LogP contribution in [-0.2, 0) is 9.59 Å². The van der Waals surface area contributed by atoms with Gasteiger partial charge in [-0.2, -0.15) is 0 Å². The Morgan fingerprint density at radius 1 is 1.15 bits per heavy atom. The molecule has 6 nitrogen and oxygen atoms in total. The molecule has 1 fully saturated rings. The second-order valence-corrected chi connectivity index (χ2v) is 6.71. The second kappa shape index (κ2) is 6.90. The van der Waals surface area contributed by atoms with Crippen LogP contribution < -0.4 is 19.7 Å². The van der Waals surface area contributed by atoms with E-state index in [2.05, 4.69) is 5.32 Å². The molecule has 0 spiro atoms. The van der Waals surface area contributed by atoms with E-state index in [0.29, 0.717) is 30.4 Å². The predicted molar refractivity (Wildman–Crippen MR) is 97.7 cm³/mol. The standard InChI is InChI=1S/C20H19FN2O4/c1-12-2-4-15(21)16(8-12)22-20(25)13-9-19(24)23(11-13)14-3-5-17-18(10-14)27-7-6-26-17/h2-5,8,10,13H,6-7,9,11H2,1H3,(H,22,25)/t13-/m1/s1. The molecule has 2 aromatic rings. The summed E-state index contributed by atoms with van der Waals surface area (Å²) >= 11 is 0. The van der Waals surface area contributed by atoms with Crippen molar-refractivity contribution in [3.05, 3.63) is 47.8 Å². The van der Waals surface area contributed by atoms with E-state index in [1.807, 2.05) is 6.92 Å². The van der Waals surface area contributed by atoms with Gasteiger partial charge in [-0.25, -0.2) is 4.39 Å². The number of carbonyl (C=O) groups is 2.